The molecule has 0 fully saturated rings. The van der Waals surface area contributed by atoms with Gasteiger partial charge in [0.05, 0.1) is 21.8 Å². The lowest BCUT2D eigenvalue weighted by atomic mass is 10.0. The third-order valence-corrected chi connectivity index (χ3v) is 4.86. The quantitative estimate of drug-likeness (QED) is 0.432. The van der Waals surface area contributed by atoms with Gasteiger partial charge in [0, 0.05) is 17.5 Å². The van der Waals surface area contributed by atoms with Crippen LogP contribution in [0.3, 0.4) is 0 Å². The predicted octanol–water partition coefficient (Wildman–Crippen LogP) is 4.86. The number of halogens is 2. The first-order valence-electron chi connectivity index (χ1n) is 9.42. The average molecular weight is 421 g/mol. The van der Waals surface area contributed by atoms with Gasteiger partial charge in [0.1, 0.15) is 0 Å². The van der Waals surface area contributed by atoms with Crippen LogP contribution in [0.25, 0.3) is 22.0 Å². The Morgan fingerprint density at radius 3 is 2.57 bits per heavy atom. The molecular formula is C21H26Cl2N4O. The molecule has 3 aromatic rings. The van der Waals surface area contributed by atoms with Gasteiger partial charge in [0.2, 0.25) is 0 Å². The predicted molar refractivity (Wildman–Crippen MR) is 121 cm³/mol. The van der Waals surface area contributed by atoms with Crippen molar-refractivity contribution in [3.63, 3.8) is 0 Å². The van der Waals surface area contributed by atoms with E-state index >= 15 is 0 Å². The van der Waals surface area contributed by atoms with Crippen LogP contribution in [0, 0.1) is 0 Å². The maximum Gasteiger partial charge on any atom is 0.272 e. The number of H-pyrrole nitrogens is 1. The summed E-state index contributed by atoms with van der Waals surface area (Å²) >= 11 is 6.36. The number of hydrogen-bond donors (Lipinski definition) is 3. The van der Waals surface area contributed by atoms with E-state index in [1.165, 1.54) is 12.8 Å². The van der Waals surface area contributed by atoms with Crippen molar-refractivity contribution >= 4 is 40.5 Å². The molecule has 2 aromatic carbocycles. The van der Waals surface area contributed by atoms with Crippen molar-refractivity contribution < 1.29 is 0 Å². The Morgan fingerprint density at radius 2 is 1.79 bits per heavy atom. The Kier molecular flexibility index (Phi) is 8.77. The number of unbranched alkanes of at least 4 members (excludes halogenated alkanes) is 2. The van der Waals surface area contributed by atoms with E-state index in [2.05, 4.69) is 27.8 Å². The summed E-state index contributed by atoms with van der Waals surface area (Å²) in [5.74, 6) is 0. The summed E-state index contributed by atoms with van der Waals surface area (Å²) < 4.78 is 0. The van der Waals surface area contributed by atoms with Gasteiger partial charge in [-0.15, -0.1) is 12.4 Å². The number of benzene rings is 2. The second kappa shape index (κ2) is 11.1. The van der Waals surface area contributed by atoms with Crippen molar-refractivity contribution in [3.8, 4) is 11.3 Å². The largest absolute Gasteiger partial charge is 0.384 e. The lowest BCUT2D eigenvalue weighted by Gasteiger charge is -2.11. The van der Waals surface area contributed by atoms with E-state index in [1.54, 1.807) is 0 Å². The summed E-state index contributed by atoms with van der Waals surface area (Å²) in [5.41, 5.74) is 2.37. The Morgan fingerprint density at radius 1 is 1.04 bits per heavy atom. The molecule has 0 aliphatic heterocycles. The lowest BCUT2D eigenvalue weighted by Crippen LogP contribution is -2.14. The first kappa shape index (κ1) is 22.2. The maximum absolute atomic E-state index is 12.0. The van der Waals surface area contributed by atoms with Crippen LogP contribution in [0.4, 0.5) is 5.69 Å². The molecule has 7 heteroatoms. The highest BCUT2D eigenvalue weighted by atomic mass is 35.5. The maximum atomic E-state index is 12.0. The Hall–Kier alpha value is -2.08. The summed E-state index contributed by atoms with van der Waals surface area (Å²) in [7, 11) is 0. The first-order valence-corrected chi connectivity index (χ1v) is 9.80. The zero-order valence-corrected chi connectivity index (χ0v) is 17.5. The molecule has 1 aromatic heterocycles. The molecular weight excluding hydrogens is 395 g/mol. The molecule has 0 unspecified atom stereocenters. The highest BCUT2D eigenvalue weighted by molar-refractivity contribution is 6.33. The Labute approximate surface area is 176 Å². The van der Waals surface area contributed by atoms with Crippen molar-refractivity contribution in [1.82, 2.24) is 15.5 Å². The second-order valence-electron chi connectivity index (χ2n) is 6.48. The monoisotopic (exact) mass is 420 g/mol. The molecule has 3 rings (SSSR count). The van der Waals surface area contributed by atoms with Crippen LogP contribution in [0.5, 0.6) is 0 Å². The van der Waals surface area contributed by atoms with E-state index in [0.29, 0.717) is 10.4 Å². The minimum absolute atomic E-state index is 0. The lowest BCUT2D eigenvalue weighted by molar-refractivity contribution is 0.626. The Balaban J connectivity index is 0.00000280. The summed E-state index contributed by atoms with van der Waals surface area (Å²) in [6, 6.07) is 13.3. The van der Waals surface area contributed by atoms with E-state index in [1.807, 2.05) is 42.5 Å². The number of hydrogen-bond acceptors (Lipinski definition) is 4. The Bertz CT molecular complexity index is 959. The summed E-state index contributed by atoms with van der Waals surface area (Å²) in [4.78, 5) is 12.0. The van der Waals surface area contributed by atoms with Gasteiger partial charge in [-0.2, -0.15) is 5.10 Å². The minimum atomic E-state index is -0.181. The fraction of sp³-hybridized carbons (Fsp3) is 0.333. The number of aromatic nitrogens is 2. The zero-order chi connectivity index (χ0) is 19.1. The molecule has 0 atom stereocenters. The van der Waals surface area contributed by atoms with Gasteiger partial charge in [-0.3, -0.25) is 4.79 Å². The van der Waals surface area contributed by atoms with Crippen molar-refractivity contribution in [2.24, 2.45) is 0 Å². The molecule has 0 aliphatic rings. The van der Waals surface area contributed by atoms with E-state index in [4.69, 9.17) is 11.6 Å². The molecule has 3 N–H and O–H groups in total. The summed E-state index contributed by atoms with van der Waals surface area (Å²) in [6.07, 6.45) is 3.44. The zero-order valence-electron chi connectivity index (χ0n) is 15.9. The molecule has 0 saturated heterocycles. The minimum Gasteiger partial charge on any atom is -0.384 e. The SMILES string of the molecule is CCNCCCCCNc1cc(-c2n[nH]c(=O)c3ccccc23)ccc1Cl.Cl. The molecule has 5 nitrogen and oxygen atoms in total. The van der Waals surface area contributed by atoms with E-state index < -0.39 is 0 Å². The fourth-order valence-electron chi connectivity index (χ4n) is 3.09. The van der Waals surface area contributed by atoms with Crippen LogP contribution in [-0.2, 0) is 0 Å². The molecule has 0 radical (unpaired) electrons. The van der Waals surface area contributed by atoms with Gasteiger partial charge in [0.25, 0.3) is 5.56 Å². The van der Waals surface area contributed by atoms with Crippen molar-refractivity contribution in [1.29, 1.82) is 0 Å². The van der Waals surface area contributed by atoms with Gasteiger partial charge in [-0.25, -0.2) is 5.10 Å². The molecule has 0 aliphatic carbocycles. The van der Waals surface area contributed by atoms with Crippen LogP contribution < -0.4 is 16.2 Å². The molecule has 28 heavy (non-hydrogen) atoms. The molecule has 0 amide bonds. The first-order chi connectivity index (χ1) is 13.2. The van der Waals surface area contributed by atoms with E-state index in [-0.39, 0.29) is 18.0 Å². The van der Waals surface area contributed by atoms with Gasteiger partial charge in [-0.1, -0.05) is 49.2 Å². The van der Waals surface area contributed by atoms with Gasteiger partial charge in [-0.05, 0) is 44.1 Å². The van der Waals surface area contributed by atoms with Crippen molar-refractivity contribution in [3.05, 3.63) is 57.8 Å². The van der Waals surface area contributed by atoms with E-state index in [9.17, 15) is 4.79 Å². The van der Waals surface area contributed by atoms with Crippen LogP contribution in [0.2, 0.25) is 5.02 Å². The fourth-order valence-corrected chi connectivity index (χ4v) is 3.28. The number of fused-ring (bicyclic) bond motifs is 1. The van der Waals surface area contributed by atoms with Crippen LogP contribution >= 0.6 is 24.0 Å². The van der Waals surface area contributed by atoms with Gasteiger partial charge >= 0.3 is 0 Å². The summed E-state index contributed by atoms with van der Waals surface area (Å²) in [6.45, 7) is 5.08. The van der Waals surface area contributed by atoms with Crippen molar-refractivity contribution in [2.75, 3.05) is 25.0 Å². The summed E-state index contributed by atoms with van der Waals surface area (Å²) in [5, 5.41) is 15.8. The van der Waals surface area contributed by atoms with Crippen LogP contribution in [0.1, 0.15) is 26.2 Å². The molecule has 0 spiro atoms. The third kappa shape index (κ3) is 5.47. The number of nitrogens with one attached hydrogen (secondary N) is 3. The molecule has 0 saturated carbocycles. The standard InChI is InChI=1S/C21H25ClN4O.ClH/c1-2-23-12-6-3-7-13-24-19-14-15(10-11-18(19)22)20-16-8-4-5-9-17(16)21(27)26-25-20;/h4-5,8-11,14,23-24H,2-3,6-7,12-13H2,1H3,(H,26,27);1H. The number of anilines is 1. The molecule has 0 bridgehead atoms. The number of rotatable bonds is 9. The van der Waals surface area contributed by atoms with Crippen LogP contribution in [-0.4, -0.2) is 29.8 Å². The number of nitrogens with zero attached hydrogens (tertiary/aromatic N) is 1. The highest BCUT2D eigenvalue weighted by Gasteiger charge is 2.10. The highest BCUT2D eigenvalue weighted by Crippen LogP contribution is 2.30. The number of aromatic amines is 1. The van der Waals surface area contributed by atoms with Crippen LogP contribution in [0.15, 0.2) is 47.3 Å². The van der Waals surface area contributed by atoms with E-state index in [0.717, 1.165) is 48.4 Å². The van der Waals surface area contributed by atoms with Crippen molar-refractivity contribution in [2.45, 2.75) is 26.2 Å². The third-order valence-electron chi connectivity index (χ3n) is 4.53. The molecule has 1 heterocycles. The normalized spacial score (nSPS) is 10.6. The molecule has 150 valence electrons. The smallest absolute Gasteiger partial charge is 0.272 e. The average Bonchev–Trinajstić information content (AvgIpc) is 2.69. The topological polar surface area (TPSA) is 69.8 Å². The van der Waals surface area contributed by atoms with Gasteiger partial charge in [0.15, 0.2) is 0 Å². The second-order valence-corrected chi connectivity index (χ2v) is 6.89. The van der Waals surface area contributed by atoms with Gasteiger partial charge < -0.3 is 10.6 Å².